The van der Waals surface area contributed by atoms with Crippen LogP contribution >= 0.6 is 0 Å². The summed E-state index contributed by atoms with van der Waals surface area (Å²) in [5, 5.41) is 0. The van der Waals surface area contributed by atoms with Gasteiger partial charge in [0.25, 0.3) is 0 Å². The summed E-state index contributed by atoms with van der Waals surface area (Å²) in [6.07, 6.45) is 1.91. The Balaban J connectivity index is 1.66. The van der Waals surface area contributed by atoms with E-state index in [4.69, 9.17) is 14.2 Å². The molecule has 0 saturated carbocycles. The number of hydrogen-bond acceptors (Lipinski definition) is 6. The van der Waals surface area contributed by atoms with Gasteiger partial charge in [-0.25, -0.2) is 0 Å². The zero-order valence-electron chi connectivity index (χ0n) is 20.3. The molecule has 3 atom stereocenters. The van der Waals surface area contributed by atoms with Crippen molar-refractivity contribution in [2.75, 3.05) is 14.2 Å². The largest absolute Gasteiger partial charge is 0.497 e. The van der Waals surface area contributed by atoms with Crippen LogP contribution < -0.4 is 9.47 Å². The van der Waals surface area contributed by atoms with Crippen LogP contribution in [0.4, 0.5) is 0 Å². The molecule has 1 aliphatic carbocycles. The number of ketones is 2. The molecule has 0 unspecified atom stereocenters. The molecule has 1 aliphatic heterocycles. The summed E-state index contributed by atoms with van der Waals surface area (Å²) >= 11 is 0. The number of esters is 1. The fraction of sp³-hybridized carbons (Fsp3) is 0.233. The summed E-state index contributed by atoms with van der Waals surface area (Å²) in [5.41, 5.74) is 2.52. The molecule has 6 heteroatoms. The third-order valence-electron chi connectivity index (χ3n) is 7.11. The predicted molar refractivity (Wildman–Crippen MR) is 133 cm³/mol. The Morgan fingerprint density at radius 3 is 1.78 bits per heavy atom. The van der Waals surface area contributed by atoms with Crippen LogP contribution in [-0.2, 0) is 9.53 Å². The zero-order chi connectivity index (χ0) is 25.4. The summed E-state index contributed by atoms with van der Waals surface area (Å²) in [6, 6.07) is 21.0. The van der Waals surface area contributed by atoms with Gasteiger partial charge in [-0.2, -0.15) is 0 Å². The molecule has 182 valence electrons. The number of hydrogen-bond donors (Lipinski definition) is 0. The number of allylic oxidation sites excluding steroid dienone is 2. The third-order valence-corrected chi connectivity index (χ3v) is 7.11. The van der Waals surface area contributed by atoms with E-state index >= 15 is 0 Å². The first-order valence-corrected chi connectivity index (χ1v) is 11.8. The van der Waals surface area contributed by atoms with E-state index in [2.05, 4.69) is 0 Å². The molecule has 36 heavy (non-hydrogen) atoms. The molecule has 0 N–H and O–H groups in total. The van der Waals surface area contributed by atoms with Crippen molar-refractivity contribution in [2.24, 2.45) is 11.8 Å². The average molecular weight is 483 g/mol. The number of benzene rings is 3. The second-order valence-electron chi connectivity index (χ2n) is 9.07. The van der Waals surface area contributed by atoms with Crippen molar-refractivity contribution in [2.45, 2.75) is 18.8 Å². The van der Waals surface area contributed by atoms with E-state index in [1.54, 1.807) is 69.7 Å². The molecule has 5 rings (SSSR count). The van der Waals surface area contributed by atoms with Crippen LogP contribution in [0.25, 0.3) is 0 Å². The van der Waals surface area contributed by atoms with Gasteiger partial charge in [-0.3, -0.25) is 14.4 Å². The van der Waals surface area contributed by atoms with E-state index in [9.17, 15) is 14.4 Å². The van der Waals surface area contributed by atoms with Gasteiger partial charge in [-0.05, 0) is 72.7 Å². The quantitative estimate of drug-likeness (QED) is 0.257. The fourth-order valence-corrected chi connectivity index (χ4v) is 5.43. The predicted octanol–water partition coefficient (Wildman–Crippen LogP) is 5.34. The Morgan fingerprint density at radius 1 is 0.778 bits per heavy atom. The summed E-state index contributed by atoms with van der Waals surface area (Å²) in [6.45, 7) is 1.74. The Hall–Kier alpha value is -4.19. The summed E-state index contributed by atoms with van der Waals surface area (Å²) in [7, 11) is 3.10. The van der Waals surface area contributed by atoms with Gasteiger partial charge in [0.05, 0.1) is 26.1 Å². The highest BCUT2D eigenvalue weighted by atomic mass is 16.5. The lowest BCUT2D eigenvalue weighted by atomic mass is 9.72. The van der Waals surface area contributed by atoms with Gasteiger partial charge in [0, 0.05) is 23.0 Å². The normalized spacial score (nSPS) is 20.2. The van der Waals surface area contributed by atoms with E-state index in [-0.39, 0.29) is 17.5 Å². The fourth-order valence-electron chi connectivity index (χ4n) is 5.43. The molecule has 0 radical (unpaired) electrons. The van der Waals surface area contributed by atoms with Gasteiger partial charge in [0.15, 0.2) is 11.6 Å². The van der Waals surface area contributed by atoms with Crippen LogP contribution in [0.15, 0.2) is 84.6 Å². The highest BCUT2D eigenvalue weighted by molar-refractivity contribution is 6.17. The molecular weight excluding hydrogens is 456 g/mol. The summed E-state index contributed by atoms with van der Waals surface area (Å²) < 4.78 is 16.0. The van der Waals surface area contributed by atoms with Crippen LogP contribution in [-0.4, -0.2) is 31.8 Å². The Bertz CT molecular complexity index is 1290. The number of methoxy groups -OCH3 is 2. The van der Waals surface area contributed by atoms with E-state index in [1.807, 2.05) is 30.3 Å². The van der Waals surface area contributed by atoms with Crippen molar-refractivity contribution < 1.29 is 28.6 Å². The zero-order valence-corrected chi connectivity index (χ0v) is 20.3. The molecule has 3 aromatic carbocycles. The van der Waals surface area contributed by atoms with Crippen LogP contribution in [0.1, 0.15) is 50.6 Å². The van der Waals surface area contributed by atoms with Crippen molar-refractivity contribution in [3.8, 4) is 11.5 Å². The average Bonchev–Trinajstić information content (AvgIpc) is 3.23. The topological polar surface area (TPSA) is 78.9 Å². The third kappa shape index (κ3) is 3.98. The minimum Gasteiger partial charge on any atom is -0.497 e. The Kier molecular flexibility index (Phi) is 6.18. The van der Waals surface area contributed by atoms with Crippen molar-refractivity contribution >= 4 is 17.5 Å². The van der Waals surface area contributed by atoms with Gasteiger partial charge in [0.1, 0.15) is 17.3 Å². The minimum absolute atomic E-state index is 0.262. The lowest BCUT2D eigenvalue weighted by Gasteiger charge is -2.30. The highest BCUT2D eigenvalue weighted by Gasteiger charge is 2.53. The molecule has 0 aromatic heterocycles. The highest BCUT2D eigenvalue weighted by Crippen LogP contribution is 2.54. The van der Waals surface area contributed by atoms with Crippen molar-refractivity contribution in [1.82, 2.24) is 0 Å². The van der Waals surface area contributed by atoms with Gasteiger partial charge >= 0.3 is 5.97 Å². The number of fused-ring (bicyclic) bond motifs is 3. The Morgan fingerprint density at radius 2 is 1.28 bits per heavy atom. The molecule has 2 aliphatic rings. The lowest BCUT2D eigenvalue weighted by molar-refractivity contribution is -0.146. The molecule has 6 nitrogen and oxygen atoms in total. The summed E-state index contributed by atoms with van der Waals surface area (Å²) in [4.78, 5) is 41.4. The van der Waals surface area contributed by atoms with Gasteiger partial charge in [-0.1, -0.05) is 24.3 Å². The number of rotatable bonds is 7. The number of Topliss-reactive ketones (excluding diaryl/α,β-unsaturated/α-hetero) is 2. The number of carbonyl (C=O) groups is 3. The number of carbonyl (C=O) groups excluding carboxylic acids is 3. The van der Waals surface area contributed by atoms with Crippen molar-refractivity contribution in [3.63, 3.8) is 0 Å². The maximum absolute atomic E-state index is 14.1. The van der Waals surface area contributed by atoms with E-state index in [1.165, 1.54) is 0 Å². The summed E-state index contributed by atoms with van der Waals surface area (Å²) in [5.74, 6) is -2.12. The molecular formula is C30H26O6. The molecule has 1 heterocycles. The Labute approximate surface area is 209 Å². The minimum atomic E-state index is -1.12. The maximum atomic E-state index is 14.1. The van der Waals surface area contributed by atoms with E-state index < -0.39 is 23.7 Å². The van der Waals surface area contributed by atoms with E-state index in [0.717, 1.165) is 11.1 Å². The molecule has 0 bridgehead atoms. The second kappa shape index (κ2) is 9.46. The molecule has 3 aromatic rings. The first-order chi connectivity index (χ1) is 17.4. The van der Waals surface area contributed by atoms with Crippen LogP contribution in [0, 0.1) is 11.8 Å². The first kappa shape index (κ1) is 23.5. The lowest BCUT2D eigenvalue weighted by Crippen LogP contribution is -2.37. The van der Waals surface area contributed by atoms with Crippen LogP contribution in [0.2, 0.25) is 0 Å². The maximum Gasteiger partial charge on any atom is 0.315 e. The molecule has 0 spiro atoms. The van der Waals surface area contributed by atoms with E-state index in [0.29, 0.717) is 28.4 Å². The van der Waals surface area contributed by atoms with Crippen molar-refractivity contribution in [1.29, 1.82) is 0 Å². The second-order valence-corrected chi connectivity index (χ2v) is 9.07. The molecule has 0 fully saturated rings. The van der Waals surface area contributed by atoms with Gasteiger partial charge in [-0.15, -0.1) is 0 Å². The molecule has 0 amide bonds. The molecule has 0 saturated heterocycles. The van der Waals surface area contributed by atoms with Gasteiger partial charge < -0.3 is 14.2 Å². The van der Waals surface area contributed by atoms with Crippen LogP contribution in [0.5, 0.6) is 11.5 Å². The number of cyclic esters (lactones) is 1. The monoisotopic (exact) mass is 482 g/mol. The number of ether oxygens (including phenoxy) is 3. The standard InChI is InChI=1S/C30H26O6/c1-17-16-24-22-6-4-5-7-23(22)25(26(24)30(33)36-17)27(28(31)18-8-12-20(34-2)13-9-18)29(32)19-10-14-21(35-3)15-11-19/h4-16,24-27H,1-3H3/t24-,25-,26-/m0/s1. The van der Waals surface area contributed by atoms with Crippen molar-refractivity contribution in [3.05, 3.63) is 107 Å². The van der Waals surface area contributed by atoms with Crippen LogP contribution in [0.3, 0.4) is 0 Å². The first-order valence-electron chi connectivity index (χ1n) is 11.8. The van der Waals surface area contributed by atoms with Gasteiger partial charge in [0.2, 0.25) is 0 Å². The SMILES string of the molecule is COc1ccc(C(=O)C(C(=O)c2ccc(OC)cc2)[C@H]2c3ccccc3[C@@H]3C=C(C)OC(=O)[C@H]23)cc1. The smallest absolute Gasteiger partial charge is 0.315 e.